The fraction of sp³-hybridized carbons (Fsp3) is 0.667. The molecule has 1 fully saturated rings. The summed E-state index contributed by atoms with van der Waals surface area (Å²) in [5.41, 5.74) is 0.222. The van der Waals surface area contributed by atoms with Gasteiger partial charge in [-0.2, -0.15) is 0 Å². The molecule has 0 unspecified atom stereocenters. The highest BCUT2D eigenvalue weighted by atomic mass is 14.3. The summed E-state index contributed by atoms with van der Waals surface area (Å²) in [6.07, 6.45) is 3.80. The fourth-order valence-corrected chi connectivity index (χ4v) is 0.677. The maximum absolute atomic E-state index is 3.86. The highest BCUT2D eigenvalue weighted by Gasteiger charge is 2.25. The van der Waals surface area contributed by atoms with E-state index in [0.29, 0.717) is 0 Å². The van der Waals surface area contributed by atoms with Crippen LogP contribution in [0.2, 0.25) is 0 Å². The van der Waals surface area contributed by atoms with Crippen molar-refractivity contribution in [3.63, 3.8) is 0 Å². The van der Waals surface area contributed by atoms with Gasteiger partial charge in [-0.1, -0.05) is 0 Å². The maximum atomic E-state index is 3.86. The summed E-state index contributed by atoms with van der Waals surface area (Å²) in [4.78, 5) is 0. The molecule has 0 aromatic rings. The molecule has 0 aliphatic heterocycles. The van der Waals surface area contributed by atoms with Crippen molar-refractivity contribution in [3.8, 4) is 0 Å². The molecule has 0 atom stereocenters. The third kappa shape index (κ3) is 0.515. The Labute approximate surface area is 39.6 Å². The minimum atomic E-state index is 0.222. The number of hydrogen-bond acceptors (Lipinski definition) is 0. The van der Waals surface area contributed by atoms with E-state index in [0.717, 1.165) is 0 Å². The topological polar surface area (TPSA) is 0 Å². The third-order valence-electron chi connectivity index (χ3n) is 1.41. The van der Waals surface area contributed by atoms with Crippen molar-refractivity contribution in [1.29, 1.82) is 0 Å². The Kier molecular flexibility index (Phi) is 0.624. The first-order valence-corrected chi connectivity index (χ1v) is 2.41. The van der Waals surface area contributed by atoms with Crippen LogP contribution in [0.4, 0.5) is 0 Å². The average Bonchev–Trinajstić information content (AvgIpc) is 1.32. The maximum Gasteiger partial charge on any atom is 0.0363 e. The zero-order chi connectivity index (χ0) is 4.62. The van der Waals surface area contributed by atoms with Crippen LogP contribution < -0.4 is 0 Å². The normalized spacial score (nSPS) is 28.8. The van der Waals surface area contributed by atoms with Gasteiger partial charge < -0.3 is 0 Å². The molecule has 6 heavy (non-hydrogen) atoms. The lowest BCUT2D eigenvalue weighted by atomic mass is 9.72. The van der Waals surface area contributed by atoms with E-state index in [1.165, 1.54) is 19.3 Å². The molecule has 1 aliphatic rings. The van der Waals surface area contributed by atoms with Gasteiger partial charge in [0.2, 0.25) is 0 Å². The fourth-order valence-electron chi connectivity index (χ4n) is 0.677. The lowest BCUT2D eigenvalue weighted by Gasteiger charge is -2.33. The lowest BCUT2D eigenvalue weighted by Crippen LogP contribution is -2.21. The number of rotatable bonds is 0. The van der Waals surface area contributed by atoms with E-state index in [1.807, 2.05) is 0 Å². The molecule has 0 nitrogen and oxygen atoms in total. The minimum Gasteiger partial charge on any atom is -0.293 e. The van der Waals surface area contributed by atoms with Crippen LogP contribution in [0.15, 0.2) is 0 Å². The second kappa shape index (κ2) is 0.927. The van der Waals surface area contributed by atoms with Crippen molar-refractivity contribution in [1.82, 2.24) is 0 Å². The van der Waals surface area contributed by atoms with Crippen molar-refractivity contribution >= 4 is 0 Å². The molecule has 1 saturated carbocycles. The molecule has 0 radical (unpaired) electrons. The van der Waals surface area contributed by atoms with E-state index in [9.17, 15) is 0 Å². The van der Waals surface area contributed by atoms with Crippen LogP contribution in [0.25, 0.3) is 0 Å². The van der Waals surface area contributed by atoms with Crippen molar-refractivity contribution in [2.75, 3.05) is 0 Å². The standard InChI is InChI=1S/C6H10/c1-6(2)4-3-5-6/h1-5H2. The van der Waals surface area contributed by atoms with Gasteiger partial charge >= 0.3 is 0 Å². The predicted octanol–water partition coefficient (Wildman–Crippen LogP) is 1.82. The van der Waals surface area contributed by atoms with E-state index in [-0.39, 0.29) is 5.41 Å². The molecule has 0 aromatic carbocycles. The van der Waals surface area contributed by atoms with Crippen LogP contribution in [-0.2, 0) is 0 Å². The molecule has 1 rings (SSSR count). The molecule has 0 heteroatoms. The summed E-state index contributed by atoms with van der Waals surface area (Å²) in [5, 5.41) is 0. The summed E-state index contributed by atoms with van der Waals surface area (Å²) in [7, 11) is 0. The monoisotopic (exact) mass is 82.1 g/mol. The molecule has 34 valence electrons. The SMILES string of the molecule is [CH2+]C1([CH2-])CCC1. The highest BCUT2D eigenvalue weighted by Crippen LogP contribution is 2.38. The summed E-state index contributed by atoms with van der Waals surface area (Å²) in [6.45, 7) is 7.73. The van der Waals surface area contributed by atoms with Crippen molar-refractivity contribution < 1.29 is 0 Å². The number of hydrogen-bond donors (Lipinski definition) is 0. The van der Waals surface area contributed by atoms with Crippen molar-refractivity contribution in [2.45, 2.75) is 19.3 Å². The quantitative estimate of drug-likeness (QED) is 0.391. The predicted molar refractivity (Wildman–Crippen MR) is 27.0 cm³/mol. The Morgan fingerprint density at radius 3 is 1.83 bits per heavy atom. The lowest BCUT2D eigenvalue weighted by molar-refractivity contribution is 0.269. The van der Waals surface area contributed by atoms with Gasteiger partial charge in [0.25, 0.3) is 0 Å². The molecule has 0 heterocycles. The van der Waals surface area contributed by atoms with Gasteiger partial charge in [0.05, 0.1) is 0 Å². The molecule has 0 bridgehead atoms. The molecular weight excluding hydrogens is 72.1 g/mol. The molecular formula is C6H10. The Hall–Kier alpha value is -0.130. The second-order valence-corrected chi connectivity index (χ2v) is 2.35. The highest BCUT2D eigenvalue weighted by molar-refractivity contribution is 4.91. The van der Waals surface area contributed by atoms with Gasteiger partial charge in [-0.15, -0.1) is 0 Å². The first-order chi connectivity index (χ1) is 2.71. The molecule has 0 amide bonds. The van der Waals surface area contributed by atoms with Crippen LogP contribution in [-0.4, -0.2) is 0 Å². The molecule has 0 spiro atoms. The van der Waals surface area contributed by atoms with Gasteiger partial charge in [-0.3, -0.25) is 6.92 Å². The zero-order valence-electron chi connectivity index (χ0n) is 4.04. The minimum absolute atomic E-state index is 0.222. The molecule has 0 aromatic heterocycles. The first-order valence-electron chi connectivity index (χ1n) is 2.41. The van der Waals surface area contributed by atoms with Gasteiger partial charge in [-0.05, 0) is 24.7 Å². The van der Waals surface area contributed by atoms with Crippen molar-refractivity contribution in [2.24, 2.45) is 5.41 Å². The van der Waals surface area contributed by atoms with E-state index >= 15 is 0 Å². The smallest absolute Gasteiger partial charge is 0.0363 e. The van der Waals surface area contributed by atoms with E-state index in [2.05, 4.69) is 13.8 Å². The van der Waals surface area contributed by atoms with E-state index in [4.69, 9.17) is 0 Å². The first kappa shape index (κ1) is 4.04. The summed E-state index contributed by atoms with van der Waals surface area (Å²) in [6, 6.07) is 0. The van der Waals surface area contributed by atoms with E-state index < -0.39 is 0 Å². The van der Waals surface area contributed by atoms with Gasteiger partial charge in [0, 0.05) is 6.92 Å². The van der Waals surface area contributed by atoms with Gasteiger partial charge in [-0.25, -0.2) is 0 Å². The summed E-state index contributed by atoms with van der Waals surface area (Å²) >= 11 is 0. The van der Waals surface area contributed by atoms with E-state index in [1.54, 1.807) is 0 Å². The Bertz CT molecular complexity index is 47.1. The van der Waals surface area contributed by atoms with Crippen LogP contribution in [0, 0.1) is 19.3 Å². The largest absolute Gasteiger partial charge is 0.293 e. The summed E-state index contributed by atoms with van der Waals surface area (Å²) in [5.74, 6) is 0. The molecule has 0 N–H and O–H groups in total. The second-order valence-electron chi connectivity index (χ2n) is 2.35. The average molecular weight is 82.1 g/mol. The molecule has 1 aliphatic carbocycles. The Morgan fingerprint density at radius 1 is 1.50 bits per heavy atom. The van der Waals surface area contributed by atoms with Crippen molar-refractivity contribution in [3.05, 3.63) is 13.8 Å². The Morgan fingerprint density at radius 2 is 1.83 bits per heavy atom. The van der Waals surface area contributed by atoms with Gasteiger partial charge in [0.1, 0.15) is 0 Å². The Balaban J connectivity index is 2.31. The van der Waals surface area contributed by atoms with Crippen LogP contribution in [0.5, 0.6) is 0 Å². The van der Waals surface area contributed by atoms with Crippen LogP contribution in [0.3, 0.4) is 0 Å². The van der Waals surface area contributed by atoms with Crippen LogP contribution >= 0.6 is 0 Å². The molecule has 0 saturated heterocycles. The third-order valence-corrected chi connectivity index (χ3v) is 1.41. The van der Waals surface area contributed by atoms with Gasteiger partial charge in [0.15, 0.2) is 0 Å². The zero-order valence-corrected chi connectivity index (χ0v) is 4.04. The van der Waals surface area contributed by atoms with Crippen LogP contribution in [0.1, 0.15) is 19.3 Å². The summed E-state index contributed by atoms with van der Waals surface area (Å²) < 4.78 is 0.